The lowest BCUT2D eigenvalue weighted by Crippen LogP contribution is -2.00. The highest BCUT2D eigenvalue weighted by Crippen LogP contribution is 2.48. The van der Waals surface area contributed by atoms with Gasteiger partial charge in [-0.2, -0.15) is 5.26 Å². The lowest BCUT2D eigenvalue weighted by Gasteiger charge is -2.10. The number of halogens is 1. The second-order valence-electron chi connectivity index (χ2n) is 8.26. The number of phenolic OH excluding ortho intramolecular Hbond substituents is 1. The maximum Gasteiger partial charge on any atom is 0.227 e. The van der Waals surface area contributed by atoms with Crippen molar-refractivity contribution in [3.8, 4) is 33.5 Å². The summed E-state index contributed by atoms with van der Waals surface area (Å²) in [6.07, 6.45) is 1.80. The van der Waals surface area contributed by atoms with Crippen LogP contribution in [-0.4, -0.2) is 15.1 Å². The third kappa shape index (κ3) is 5.62. The highest BCUT2D eigenvalue weighted by Gasteiger charge is 2.24. The first kappa shape index (κ1) is 24.8. The molecule has 0 radical (unpaired) electrons. The van der Waals surface area contributed by atoms with E-state index in [2.05, 4.69) is 16.4 Å². The molecule has 3 aromatic carbocycles. The predicted molar refractivity (Wildman–Crippen MR) is 153 cm³/mol. The number of nitrogens with one attached hydrogen (secondary N) is 1. The van der Waals surface area contributed by atoms with Crippen molar-refractivity contribution in [1.29, 1.82) is 5.26 Å². The number of rotatable bonds is 7. The van der Waals surface area contributed by atoms with Gasteiger partial charge in [-0.3, -0.25) is 0 Å². The third-order valence-corrected chi connectivity index (χ3v) is 8.40. The molecule has 0 atom stereocenters. The highest BCUT2D eigenvalue weighted by molar-refractivity contribution is 8.00. The molecule has 182 valence electrons. The Kier molecular flexibility index (Phi) is 7.42. The Labute approximate surface area is 228 Å². The van der Waals surface area contributed by atoms with E-state index in [0.29, 0.717) is 22.3 Å². The Balaban J connectivity index is 1.61. The van der Waals surface area contributed by atoms with E-state index in [9.17, 15) is 10.4 Å². The summed E-state index contributed by atoms with van der Waals surface area (Å²) < 4.78 is 0.899. The average molecular weight is 541 g/mol. The molecule has 0 bridgehead atoms. The third-order valence-electron chi connectivity index (χ3n) is 5.62. The molecule has 0 aliphatic heterocycles. The lowest BCUT2D eigenvalue weighted by atomic mass is 10.00. The number of aromatic hydroxyl groups is 1. The van der Waals surface area contributed by atoms with Gasteiger partial charge in [-0.15, -0.1) is 23.1 Å². The van der Waals surface area contributed by atoms with Gasteiger partial charge in [-0.1, -0.05) is 54.1 Å². The summed E-state index contributed by atoms with van der Waals surface area (Å²) in [4.78, 5) is 10.2. The molecular weight excluding hydrogens is 520 g/mol. The molecule has 0 unspecified atom stereocenters. The van der Waals surface area contributed by atoms with E-state index in [1.54, 1.807) is 41.4 Å². The van der Waals surface area contributed by atoms with Gasteiger partial charge in [-0.05, 0) is 60.0 Å². The van der Waals surface area contributed by atoms with Crippen LogP contribution < -0.4 is 5.32 Å². The fourth-order valence-electron chi connectivity index (χ4n) is 3.82. The molecule has 37 heavy (non-hydrogen) atoms. The van der Waals surface area contributed by atoms with Crippen LogP contribution in [0.25, 0.3) is 21.7 Å². The number of thioether (sulfide) groups is 1. The summed E-state index contributed by atoms with van der Waals surface area (Å²) in [5.41, 5.74) is 5.89. The fraction of sp³-hybridized carbons (Fsp3) is 0.0690. The Hall–Kier alpha value is -3.83. The number of phenols is 1. The monoisotopic (exact) mass is 540 g/mol. The molecule has 2 heterocycles. The van der Waals surface area contributed by atoms with Gasteiger partial charge < -0.3 is 10.4 Å². The minimum atomic E-state index is 0.229. The quantitative estimate of drug-likeness (QED) is 0.201. The van der Waals surface area contributed by atoms with Crippen molar-refractivity contribution in [2.45, 2.75) is 16.9 Å². The Morgan fingerprint density at radius 3 is 2.57 bits per heavy atom. The van der Waals surface area contributed by atoms with Gasteiger partial charge in [0.1, 0.15) is 11.8 Å². The van der Waals surface area contributed by atoms with Crippen LogP contribution in [0.4, 0.5) is 11.6 Å². The molecule has 5 aromatic rings. The molecule has 0 aliphatic rings. The van der Waals surface area contributed by atoms with Gasteiger partial charge in [0.15, 0.2) is 0 Å². The van der Waals surface area contributed by atoms with E-state index in [1.807, 2.05) is 73.7 Å². The lowest BCUT2D eigenvalue weighted by molar-refractivity contribution is 0.475. The van der Waals surface area contributed by atoms with E-state index in [1.165, 1.54) is 0 Å². The Morgan fingerprint density at radius 1 is 1.05 bits per heavy atom. The normalized spacial score (nSPS) is 10.7. The molecular formula is C29H21ClN4OS2. The molecule has 0 saturated carbocycles. The first-order chi connectivity index (χ1) is 18.0. The molecule has 2 N–H and O–H groups in total. The molecule has 0 fully saturated rings. The van der Waals surface area contributed by atoms with Crippen LogP contribution in [0.1, 0.15) is 16.7 Å². The van der Waals surface area contributed by atoms with Crippen LogP contribution in [0.5, 0.6) is 5.75 Å². The van der Waals surface area contributed by atoms with Crippen molar-refractivity contribution < 1.29 is 5.11 Å². The molecule has 5 rings (SSSR count). The van der Waals surface area contributed by atoms with Crippen LogP contribution in [0.15, 0.2) is 89.3 Å². The van der Waals surface area contributed by atoms with Crippen molar-refractivity contribution >= 4 is 46.3 Å². The summed E-state index contributed by atoms with van der Waals surface area (Å²) in [5.74, 6) is 1.37. The van der Waals surface area contributed by atoms with Crippen molar-refractivity contribution in [3.63, 3.8) is 0 Å². The number of hydrogen-bond donors (Lipinski definition) is 2. The standard InChI is InChI=1S/C29H21ClN4OS2/c1-18-16-32-29(33-22-8-3-2-4-9-22)34-26(18)27-25(20-6-5-7-21(30)14-20)24(15-31)28(37-27)36-17-19-10-12-23(35)13-11-19/h2-14,16,35H,17H2,1H3,(H,32,33,34). The van der Waals surface area contributed by atoms with Gasteiger partial charge in [0.05, 0.1) is 20.3 Å². The Morgan fingerprint density at radius 2 is 1.84 bits per heavy atom. The van der Waals surface area contributed by atoms with Crippen LogP contribution in [0.2, 0.25) is 5.02 Å². The second-order valence-corrected chi connectivity index (χ2v) is 11.0. The van der Waals surface area contributed by atoms with Gasteiger partial charge in [0.25, 0.3) is 0 Å². The van der Waals surface area contributed by atoms with Crippen LogP contribution in [-0.2, 0) is 5.75 Å². The average Bonchev–Trinajstić information content (AvgIpc) is 3.28. The number of nitriles is 1. The van der Waals surface area contributed by atoms with Crippen molar-refractivity contribution in [3.05, 3.63) is 107 Å². The van der Waals surface area contributed by atoms with Crippen molar-refractivity contribution in [2.24, 2.45) is 0 Å². The summed E-state index contributed by atoms with van der Waals surface area (Å²) in [7, 11) is 0. The molecule has 5 nitrogen and oxygen atoms in total. The van der Waals surface area contributed by atoms with Gasteiger partial charge in [0.2, 0.25) is 5.95 Å². The number of anilines is 2. The maximum absolute atomic E-state index is 10.3. The smallest absolute Gasteiger partial charge is 0.227 e. The van der Waals surface area contributed by atoms with Gasteiger partial charge >= 0.3 is 0 Å². The number of aromatic nitrogens is 2. The predicted octanol–water partition coefficient (Wildman–Crippen LogP) is 8.45. The number of para-hydroxylation sites is 1. The summed E-state index contributed by atoms with van der Waals surface area (Å²) in [5, 5.41) is 23.7. The van der Waals surface area contributed by atoms with E-state index < -0.39 is 0 Å². The van der Waals surface area contributed by atoms with E-state index in [-0.39, 0.29) is 5.75 Å². The topological polar surface area (TPSA) is 81.8 Å². The largest absolute Gasteiger partial charge is 0.508 e. The summed E-state index contributed by atoms with van der Waals surface area (Å²) >= 11 is 9.50. The molecule has 0 aliphatic carbocycles. The second kappa shape index (κ2) is 11.1. The first-order valence-electron chi connectivity index (χ1n) is 11.4. The minimum absolute atomic E-state index is 0.229. The summed E-state index contributed by atoms with van der Waals surface area (Å²) in [6, 6.07) is 26.9. The molecule has 0 amide bonds. The molecule has 0 saturated heterocycles. The number of nitrogens with zero attached hydrogens (tertiary/aromatic N) is 3. The van der Waals surface area contributed by atoms with Gasteiger partial charge in [0, 0.05) is 28.2 Å². The van der Waals surface area contributed by atoms with Crippen LogP contribution in [0, 0.1) is 18.3 Å². The number of hydrogen-bond acceptors (Lipinski definition) is 7. The van der Waals surface area contributed by atoms with E-state index in [4.69, 9.17) is 16.6 Å². The molecule has 0 spiro atoms. The zero-order valence-corrected chi connectivity index (χ0v) is 22.2. The van der Waals surface area contributed by atoms with Crippen LogP contribution >= 0.6 is 34.7 Å². The highest BCUT2D eigenvalue weighted by atomic mass is 35.5. The zero-order chi connectivity index (χ0) is 25.8. The molecule has 2 aromatic heterocycles. The van der Waals surface area contributed by atoms with Crippen molar-refractivity contribution in [2.75, 3.05) is 5.32 Å². The van der Waals surface area contributed by atoms with Crippen LogP contribution in [0.3, 0.4) is 0 Å². The van der Waals surface area contributed by atoms with E-state index in [0.717, 1.165) is 42.7 Å². The minimum Gasteiger partial charge on any atom is -0.508 e. The zero-order valence-electron chi connectivity index (χ0n) is 19.8. The first-order valence-corrected chi connectivity index (χ1v) is 13.6. The molecule has 8 heteroatoms. The fourth-order valence-corrected chi connectivity index (χ4v) is 6.52. The van der Waals surface area contributed by atoms with E-state index >= 15 is 0 Å². The SMILES string of the molecule is Cc1cnc(Nc2ccccc2)nc1-c1sc(SCc2ccc(O)cc2)c(C#N)c1-c1cccc(Cl)c1. The number of aryl methyl sites for hydroxylation is 1. The van der Waals surface area contributed by atoms with Crippen molar-refractivity contribution in [1.82, 2.24) is 9.97 Å². The number of benzene rings is 3. The Bertz CT molecular complexity index is 1600. The number of thiophene rings is 1. The summed E-state index contributed by atoms with van der Waals surface area (Å²) in [6.45, 7) is 1.97. The van der Waals surface area contributed by atoms with Gasteiger partial charge in [-0.25, -0.2) is 9.97 Å². The maximum atomic E-state index is 10.3.